The van der Waals surface area contributed by atoms with E-state index in [1.54, 1.807) is 48.5 Å². The topological polar surface area (TPSA) is 105 Å². The molecule has 0 amide bonds. The molecule has 0 saturated heterocycles. The first kappa shape index (κ1) is 17.3. The van der Waals surface area contributed by atoms with Crippen LogP contribution in [0, 0.1) is 0 Å². The van der Waals surface area contributed by atoms with Gasteiger partial charge in [-0.3, -0.25) is 9.59 Å². The van der Waals surface area contributed by atoms with E-state index in [9.17, 15) is 9.59 Å². The van der Waals surface area contributed by atoms with Crippen LogP contribution in [0.1, 0.15) is 25.7 Å². The molecule has 0 heterocycles. The van der Waals surface area contributed by atoms with E-state index >= 15 is 0 Å². The van der Waals surface area contributed by atoms with E-state index in [0.29, 0.717) is 35.7 Å². The third-order valence-electron chi connectivity index (χ3n) is 3.24. The van der Waals surface area contributed by atoms with Crippen molar-refractivity contribution in [1.82, 2.24) is 0 Å². The van der Waals surface area contributed by atoms with Crippen LogP contribution in [0.25, 0.3) is 0 Å². The van der Waals surface area contributed by atoms with Gasteiger partial charge in [0.05, 0.1) is 0 Å². The summed E-state index contributed by atoms with van der Waals surface area (Å²) in [6, 6.07) is 13.2. The first-order valence-electron chi connectivity index (χ1n) is 7.65. The van der Waals surface area contributed by atoms with E-state index in [4.69, 9.17) is 20.9 Å². The van der Waals surface area contributed by atoms with Crippen LogP contribution in [0.5, 0.6) is 11.5 Å². The van der Waals surface area contributed by atoms with Crippen LogP contribution in [0.4, 0.5) is 11.4 Å². The number of carbonyl (C=O) groups excluding carboxylic acids is 2. The Bertz CT molecular complexity index is 620. The number of rotatable bonds is 7. The van der Waals surface area contributed by atoms with Gasteiger partial charge < -0.3 is 20.9 Å². The van der Waals surface area contributed by atoms with Gasteiger partial charge in [-0.05, 0) is 61.4 Å². The molecule has 0 atom stereocenters. The molecular formula is C18H20N2O4. The van der Waals surface area contributed by atoms with Crippen LogP contribution >= 0.6 is 0 Å². The summed E-state index contributed by atoms with van der Waals surface area (Å²) in [6.45, 7) is 0. The lowest BCUT2D eigenvalue weighted by molar-refractivity contribution is -0.136. The Kier molecular flexibility index (Phi) is 6.19. The molecule has 0 spiro atoms. The zero-order valence-corrected chi connectivity index (χ0v) is 13.2. The average molecular weight is 328 g/mol. The van der Waals surface area contributed by atoms with Gasteiger partial charge >= 0.3 is 11.9 Å². The minimum atomic E-state index is -0.341. The van der Waals surface area contributed by atoms with Gasteiger partial charge in [0.25, 0.3) is 0 Å². The van der Waals surface area contributed by atoms with E-state index in [1.807, 2.05) is 0 Å². The highest BCUT2D eigenvalue weighted by molar-refractivity contribution is 5.73. The summed E-state index contributed by atoms with van der Waals surface area (Å²) in [5.41, 5.74) is 12.3. The molecule has 2 aromatic carbocycles. The van der Waals surface area contributed by atoms with E-state index in [2.05, 4.69) is 0 Å². The third kappa shape index (κ3) is 6.00. The van der Waals surface area contributed by atoms with E-state index in [0.717, 1.165) is 0 Å². The lowest BCUT2D eigenvalue weighted by Gasteiger charge is -2.05. The largest absolute Gasteiger partial charge is 0.427 e. The SMILES string of the molecule is Nc1ccc(OC(=O)CCCCC(=O)Oc2ccc(N)cc2)cc1. The molecule has 0 aromatic heterocycles. The Morgan fingerprint density at radius 3 is 1.33 bits per heavy atom. The van der Waals surface area contributed by atoms with Crippen molar-refractivity contribution in [3.05, 3.63) is 48.5 Å². The molecule has 0 unspecified atom stereocenters. The molecule has 0 aliphatic rings. The smallest absolute Gasteiger partial charge is 0.311 e. The first-order chi connectivity index (χ1) is 11.5. The fourth-order valence-electron chi connectivity index (χ4n) is 1.98. The Labute approximate surface area is 140 Å². The molecule has 2 rings (SSSR count). The fraction of sp³-hybridized carbons (Fsp3) is 0.222. The van der Waals surface area contributed by atoms with Gasteiger partial charge in [0.15, 0.2) is 0 Å². The van der Waals surface area contributed by atoms with Gasteiger partial charge in [-0.1, -0.05) is 0 Å². The predicted molar refractivity (Wildman–Crippen MR) is 91.4 cm³/mol. The van der Waals surface area contributed by atoms with Gasteiger partial charge in [-0.2, -0.15) is 0 Å². The molecule has 2 aromatic rings. The van der Waals surface area contributed by atoms with Gasteiger partial charge in [-0.15, -0.1) is 0 Å². The van der Waals surface area contributed by atoms with Gasteiger partial charge in [0, 0.05) is 24.2 Å². The molecule has 0 aliphatic carbocycles. The van der Waals surface area contributed by atoms with Crippen LogP contribution in [-0.2, 0) is 9.59 Å². The third-order valence-corrected chi connectivity index (χ3v) is 3.24. The first-order valence-corrected chi connectivity index (χ1v) is 7.65. The maximum Gasteiger partial charge on any atom is 0.311 e. The number of benzene rings is 2. The number of nitrogens with two attached hydrogens (primary N) is 2. The van der Waals surface area contributed by atoms with E-state index in [1.165, 1.54) is 0 Å². The van der Waals surface area contributed by atoms with Gasteiger partial charge in [0.2, 0.25) is 0 Å². The number of anilines is 2. The van der Waals surface area contributed by atoms with E-state index in [-0.39, 0.29) is 24.8 Å². The van der Waals surface area contributed by atoms with Crippen molar-refractivity contribution in [3.63, 3.8) is 0 Å². The lowest BCUT2D eigenvalue weighted by atomic mass is 10.2. The zero-order valence-electron chi connectivity index (χ0n) is 13.2. The van der Waals surface area contributed by atoms with Crippen LogP contribution in [-0.4, -0.2) is 11.9 Å². The number of carbonyl (C=O) groups is 2. The number of unbranched alkanes of at least 4 members (excludes halogenated alkanes) is 1. The molecule has 24 heavy (non-hydrogen) atoms. The normalized spacial score (nSPS) is 10.2. The predicted octanol–water partition coefficient (Wildman–Crippen LogP) is 2.92. The number of esters is 2. The molecule has 0 saturated carbocycles. The van der Waals surface area contributed by atoms with Crippen molar-refractivity contribution in [2.24, 2.45) is 0 Å². The van der Waals surface area contributed by atoms with E-state index < -0.39 is 0 Å². The Hall–Kier alpha value is -3.02. The summed E-state index contributed by atoms with van der Waals surface area (Å²) in [7, 11) is 0. The lowest BCUT2D eigenvalue weighted by Crippen LogP contribution is -2.10. The minimum absolute atomic E-state index is 0.236. The highest BCUT2D eigenvalue weighted by Gasteiger charge is 2.08. The highest BCUT2D eigenvalue weighted by atomic mass is 16.5. The zero-order chi connectivity index (χ0) is 17.4. The summed E-state index contributed by atoms with van der Waals surface area (Å²) < 4.78 is 10.3. The molecule has 6 heteroatoms. The minimum Gasteiger partial charge on any atom is -0.427 e. The molecule has 0 radical (unpaired) electrons. The molecule has 6 nitrogen and oxygen atoms in total. The number of nitrogen functional groups attached to an aromatic ring is 2. The second-order valence-electron chi connectivity index (χ2n) is 5.29. The standard InChI is InChI=1S/C18H20N2O4/c19-13-5-9-15(10-6-13)23-17(21)3-1-2-4-18(22)24-16-11-7-14(20)8-12-16/h5-12H,1-4,19-20H2. The molecule has 0 aliphatic heterocycles. The highest BCUT2D eigenvalue weighted by Crippen LogP contribution is 2.16. The van der Waals surface area contributed by atoms with Crippen LogP contribution in [0.2, 0.25) is 0 Å². The number of ether oxygens (including phenoxy) is 2. The number of hydrogen-bond acceptors (Lipinski definition) is 6. The van der Waals surface area contributed by atoms with Crippen molar-refractivity contribution >= 4 is 23.3 Å². The van der Waals surface area contributed by atoms with Crippen LogP contribution < -0.4 is 20.9 Å². The molecular weight excluding hydrogens is 308 g/mol. The van der Waals surface area contributed by atoms with Crippen LogP contribution in [0.15, 0.2) is 48.5 Å². The van der Waals surface area contributed by atoms with Crippen molar-refractivity contribution < 1.29 is 19.1 Å². The second-order valence-corrected chi connectivity index (χ2v) is 5.29. The summed E-state index contributed by atoms with van der Waals surface area (Å²) in [5.74, 6) is 0.229. The average Bonchev–Trinajstić information content (AvgIpc) is 2.56. The Morgan fingerprint density at radius 1 is 0.667 bits per heavy atom. The summed E-state index contributed by atoms with van der Waals surface area (Å²) in [5, 5.41) is 0. The van der Waals surface area contributed by atoms with Gasteiger partial charge in [-0.25, -0.2) is 0 Å². The molecule has 126 valence electrons. The summed E-state index contributed by atoms with van der Waals surface area (Å²) >= 11 is 0. The van der Waals surface area contributed by atoms with Crippen molar-refractivity contribution in [2.75, 3.05) is 11.5 Å². The van der Waals surface area contributed by atoms with Crippen molar-refractivity contribution in [2.45, 2.75) is 25.7 Å². The maximum atomic E-state index is 11.7. The quantitative estimate of drug-likeness (QED) is 0.350. The molecule has 0 fully saturated rings. The number of hydrogen-bond donors (Lipinski definition) is 2. The molecule has 4 N–H and O–H groups in total. The summed E-state index contributed by atoms with van der Waals surface area (Å²) in [6.07, 6.45) is 1.56. The second kappa shape index (κ2) is 8.57. The molecule has 0 bridgehead atoms. The maximum absolute atomic E-state index is 11.7. The Balaban J connectivity index is 1.63. The van der Waals surface area contributed by atoms with Crippen molar-refractivity contribution in [3.8, 4) is 11.5 Å². The Morgan fingerprint density at radius 2 is 1.00 bits per heavy atom. The van der Waals surface area contributed by atoms with Crippen molar-refractivity contribution in [1.29, 1.82) is 0 Å². The summed E-state index contributed by atoms with van der Waals surface area (Å²) in [4.78, 5) is 23.4. The van der Waals surface area contributed by atoms with Gasteiger partial charge in [0.1, 0.15) is 11.5 Å². The van der Waals surface area contributed by atoms with Crippen LogP contribution in [0.3, 0.4) is 0 Å². The monoisotopic (exact) mass is 328 g/mol. The fourth-order valence-corrected chi connectivity index (χ4v) is 1.98.